The number of aryl methyl sites for hydroxylation is 1. The smallest absolute Gasteiger partial charge is 0.246 e. The molecule has 1 atom stereocenters. The molecule has 0 aliphatic carbocycles. The average molecular weight is 530 g/mol. The van der Waals surface area contributed by atoms with Crippen LogP contribution in [-0.4, -0.2) is 77.5 Å². The Kier molecular flexibility index (Phi) is 7.81. The lowest BCUT2D eigenvalue weighted by Gasteiger charge is -2.37. The Hall–Kier alpha value is -2.34. The number of amides is 1. The van der Waals surface area contributed by atoms with E-state index < -0.39 is 32.0 Å². The van der Waals surface area contributed by atoms with E-state index in [4.69, 9.17) is 16.3 Å². The summed E-state index contributed by atoms with van der Waals surface area (Å²) >= 11 is 6.08. The first-order valence-electron chi connectivity index (χ1n) is 10.5. The zero-order valence-corrected chi connectivity index (χ0v) is 21.8. The van der Waals surface area contributed by atoms with Crippen LogP contribution < -0.4 is 9.04 Å². The van der Waals surface area contributed by atoms with Gasteiger partial charge in [-0.15, -0.1) is 0 Å². The molecule has 0 aromatic heterocycles. The van der Waals surface area contributed by atoms with Gasteiger partial charge in [0.15, 0.2) is 0 Å². The molecule has 1 aliphatic heterocycles. The van der Waals surface area contributed by atoms with Gasteiger partial charge in [0.05, 0.1) is 23.9 Å². The highest BCUT2D eigenvalue weighted by Gasteiger charge is 2.36. The van der Waals surface area contributed by atoms with Crippen LogP contribution >= 0.6 is 11.6 Å². The van der Waals surface area contributed by atoms with E-state index in [-0.39, 0.29) is 42.5 Å². The van der Waals surface area contributed by atoms with Gasteiger partial charge in [0.25, 0.3) is 0 Å². The number of piperazine rings is 1. The van der Waals surface area contributed by atoms with E-state index in [9.17, 15) is 21.6 Å². The van der Waals surface area contributed by atoms with E-state index in [1.807, 2.05) is 6.92 Å². The molecule has 9 nitrogen and oxygen atoms in total. The Morgan fingerprint density at radius 3 is 2.15 bits per heavy atom. The first-order chi connectivity index (χ1) is 15.9. The van der Waals surface area contributed by atoms with Gasteiger partial charge in [-0.05, 0) is 44.2 Å². The predicted octanol–water partition coefficient (Wildman–Crippen LogP) is 2.34. The molecule has 0 spiro atoms. The number of benzene rings is 2. The molecule has 0 bridgehead atoms. The van der Waals surface area contributed by atoms with Crippen LogP contribution in [0.1, 0.15) is 12.5 Å². The van der Waals surface area contributed by atoms with E-state index in [2.05, 4.69) is 0 Å². The Morgan fingerprint density at radius 2 is 1.62 bits per heavy atom. The van der Waals surface area contributed by atoms with Crippen LogP contribution in [0.4, 0.5) is 5.69 Å². The van der Waals surface area contributed by atoms with Gasteiger partial charge in [0.2, 0.25) is 26.0 Å². The molecule has 0 saturated carbocycles. The summed E-state index contributed by atoms with van der Waals surface area (Å²) < 4.78 is 58.8. The molecule has 186 valence electrons. The maximum absolute atomic E-state index is 13.3. The topological polar surface area (TPSA) is 104 Å². The van der Waals surface area contributed by atoms with Crippen LogP contribution in [-0.2, 0) is 24.8 Å². The van der Waals surface area contributed by atoms with Gasteiger partial charge in [0, 0.05) is 31.2 Å². The highest BCUT2D eigenvalue weighted by molar-refractivity contribution is 7.92. The predicted molar refractivity (Wildman–Crippen MR) is 131 cm³/mol. The molecular formula is C22H28ClN3O6S2. The quantitative estimate of drug-likeness (QED) is 0.545. The monoisotopic (exact) mass is 529 g/mol. The largest absolute Gasteiger partial charge is 0.495 e. The van der Waals surface area contributed by atoms with E-state index in [0.29, 0.717) is 5.02 Å². The second-order valence-electron chi connectivity index (χ2n) is 8.09. The number of hydrogen-bond acceptors (Lipinski definition) is 6. The zero-order chi connectivity index (χ0) is 25.3. The van der Waals surface area contributed by atoms with Gasteiger partial charge in [-0.3, -0.25) is 9.10 Å². The highest BCUT2D eigenvalue weighted by atomic mass is 35.5. The summed E-state index contributed by atoms with van der Waals surface area (Å²) in [6, 6.07) is 10.0. The Labute approximate surface area is 206 Å². The molecule has 2 aromatic rings. The normalized spacial score (nSPS) is 16.2. The summed E-state index contributed by atoms with van der Waals surface area (Å²) in [5.41, 5.74) is 1.11. The number of ether oxygens (including phenoxy) is 1. The van der Waals surface area contributed by atoms with E-state index in [0.717, 1.165) is 16.1 Å². The molecule has 12 heteroatoms. The van der Waals surface area contributed by atoms with Crippen LogP contribution in [0.2, 0.25) is 5.02 Å². The molecule has 1 fully saturated rings. The Balaban J connectivity index is 1.79. The number of nitrogens with zero attached hydrogens (tertiary/aromatic N) is 3. The summed E-state index contributed by atoms with van der Waals surface area (Å²) in [5, 5.41) is 0.291. The highest BCUT2D eigenvalue weighted by Crippen LogP contribution is 2.34. The third kappa shape index (κ3) is 5.48. The number of rotatable bonds is 7. The van der Waals surface area contributed by atoms with Gasteiger partial charge in [-0.2, -0.15) is 4.31 Å². The number of carbonyl (C=O) groups is 1. The second kappa shape index (κ2) is 10.1. The minimum Gasteiger partial charge on any atom is -0.495 e. The third-order valence-electron chi connectivity index (χ3n) is 5.65. The molecule has 1 heterocycles. The fraction of sp³-hybridized carbons (Fsp3) is 0.409. The molecule has 2 aromatic carbocycles. The summed E-state index contributed by atoms with van der Waals surface area (Å²) in [4.78, 5) is 15.0. The third-order valence-corrected chi connectivity index (χ3v) is 9.03. The van der Waals surface area contributed by atoms with Gasteiger partial charge in [-0.25, -0.2) is 16.8 Å². The van der Waals surface area contributed by atoms with Crippen LogP contribution in [0.25, 0.3) is 0 Å². The molecule has 0 radical (unpaired) electrons. The summed E-state index contributed by atoms with van der Waals surface area (Å²) in [6.07, 6.45) is 1.00. The van der Waals surface area contributed by atoms with Crippen molar-refractivity contribution in [2.75, 3.05) is 43.8 Å². The molecule has 0 unspecified atom stereocenters. The standard InChI is InChI=1S/C22H28ClN3O6S2/c1-16-5-8-19(9-6-16)34(30,31)25-13-11-24(12-14-25)22(27)17(2)26(33(4,28)29)20-15-18(23)7-10-21(20)32-3/h5-10,15,17H,11-14H2,1-4H3/t17-/m0/s1. The van der Waals surface area contributed by atoms with Gasteiger partial charge >= 0.3 is 0 Å². The van der Waals surface area contributed by atoms with E-state index >= 15 is 0 Å². The zero-order valence-electron chi connectivity index (χ0n) is 19.4. The lowest BCUT2D eigenvalue weighted by Crippen LogP contribution is -2.56. The number of hydrogen-bond donors (Lipinski definition) is 0. The van der Waals surface area contributed by atoms with Crippen molar-refractivity contribution in [1.82, 2.24) is 9.21 Å². The minimum absolute atomic E-state index is 0.105. The number of sulfonamides is 2. The maximum atomic E-state index is 13.3. The summed E-state index contributed by atoms with van der Waals surface area (Å²) in [5.74, 6) is -0.191. The van der Waals surface area contributed by atoms with Crippen LogP contribution in [0.3, 0.4) is 0 Å². The molecule has 34 heavy (non-hydrogen) atoms. The molecule has 1 amide bonds. The minimum atomic E-state index is -3.88. The van der Waals surface area contributed by atoms with Crippen molar-refractivity contribution < 1.29 is 26.4 Å². The maximum Gasteiger partial charge on any atom is 0.246 e. The lowest BCUT2D eigenvalue weighted by atomic mass is 10.2. The average Bonchev–Trinajstić information content (AvgIpc) is 2.78. The molecule has 1 aliphatic rings. The summed E-state index contributed by atoms with van der Waals surface area (Å²) in [7, 11) is -6.17. The lowest BCUT2D eigenvalue weighted by molar-refractivity contribution is -0.133. The van der Waals surface area contributed by atoms with Crippen LogP contribution in [0, 0.1) is 6.92 Å². The Morgan fingerprint density at radius 1 is 1.03 bits per heavy atom. The second-order valence-corrected chi connectivity index (χ2v) is 12.3. The molecule has 3 rings (SSSR count). The molecule has 1 saturated heterocycles. The molecular weight excluding hydrogens is 502 g/mol. The van der Waals surface area contributed by atoms with Crippen LogP contribution in [0.5, 0.6) is 5.75 Å². The van der Waals surface area contributed by atoms with Crippen molar-refractivity contribution in [2.45, 2.75) is 24.8 Å². The van der Waals surface area contributed by atoms with Crippen molar-refractivity contribution in [3.8, 4) is 5.75 Å². The van der Waals surface area contributed by atoms with Crippen molar-refractivity contribution in [1.29, 1.82) is 0 Å². The number of halogens is 1. The number of carbonyl (C=O) groups excluding carboxylic acids is 1. The number of anilines is 1. The fourth-order valence-electron chi connectivity index (χ4n) is 3.88. The van der Waals surface area contributed by atoms with Gasteiger partial charge in [-0.1, -0.05) is 29.3 Å². The Bertz CT molecular complexity index is 1260. The van der Waals surface area contributed by atoms with Gasteiger partial charge < -0.3 is 9.64 Å². The van der Waals surface area contributed by atoms with E-state index in [1.165, 1.54) is 35.4 Å². The first-order valence-corrected chi connectivity index (χ1v) is 14.2. The summed E-state index contributed by atoms with van der Waals surface area (Å²) in [6.45, 7) is 3.85. The van der Waals surface area contributed by atoms with E-state index in [1.54, 1.807) is 30.3 Å². The molecule has 0 N–H and O–H groups in total. The first kappa shape index (κ1) is 26.3. The van der Waals surface area contributed by atoms with Crippen LogP contribution in [0.15, 0.2) is 47.4 Å². The van der Waals surface area contributed by atoms with Crippen molar-refractivity contribution >= 4 is 43.2 Å². The fourth-order valence-corrected chi connectivity index (χ4v) is 6.64. The van der Waals surface area contributed by atoms with Crippen molar-refractivity contribution in [3.63, 3.8) is 0 Å². The van der Waals surface area contributed by atoms with Crippen molar-refractivity contribution in [3.05, 3.63) is 53.1 Å². The SMILES string of the molecule is COc1ccc(Cl)cc1N([C@@H](C)C(=O)N1CCN(S(=O)(=O)c2ccc(C)cc2)CC1)S(C)(=O)=O. The number of methoxy groups -OCH3 is 1. The van der Waals surface area contributed by atoms with Crippen molar-refractivity contribution in [2.24, 2.45) is 0 Å². The van der Waals surface area contributed by atoms with Gasteiger partial charge in [0.1, 0.15) is 11.8 Å².